The summed E-state index contributed by atoms with van der Waals surface area (Å²) in [6.45, 7) is 4.49. The molecule has 0 bridgehead atoms. The van der Waals surface area contributed by atoms with Gasteiger partial charge in [0, 0.05) is 37.3 Å². The van der Waals surface area contributed by atoms with E-state index in [0.717, 1.165) is 0 Å². The van der Waals surface area contributed by atoms with Crippen LogP contribution in [0.2, 0.25) is 0 Å². The van der Waals surface area contributed by atoms with Gasteiger partial charge in [0.15, 0.2) is 11.5 Å². The lowest BCUT2D eigenvalue weighted by molar-refractivity contribution is 0.380. The number of aromatic nitrogens is 2. The molecular formula is C24H23F2N5O2S. The molecule has 0 aliphatic carbocycles. The van der Waals surface area contributed by atoms with Crippen molar-refractivity contribution in [3.63, 3.8) is 0 Å². The third kappa shape index (κ3) is 4.62. The number of hydrogen-bond donors (Lipinski definition) is 0. The largest absolute Gasteiger partial charge is 0.352 e. The molecule has 0 unspecified atom stereocenters. The van der Waals surface area contributed by atoms with Crippen molar-refractivity contribution in [3.8, 4) is 28.6 Å². The summed E-state index contributed by atoms with van der Waals surface area (Å²) in [6, 6.07) is 13.5. The highest BCUT2D eigenvalue weighted by atomic mass is 32.2. The topological polar surface area (TPSA) is 90.2 Å². The standard InChI is InChI=1S/C24H23F2N5O2S/c1-16(2)34(32,33)31-13-11-30(12-14-31)24-21(15-27)28-22(17-3-7-19(25)8-4-17)23(29-24)18-5-9-20(26)10-6-18/h3-10,16H,11-14H2,1-2H3. The van der Waals surface area contributed by atoms with Crippen LogP contribution in [0.1, 0.15) is 19.5 Å². The molecule has 1 saturated heterocycles. The van der Waals surface area contributed by atoms with Crippen molar-refractivity contribution in [2.45, 2.75) is 19.1 Å². The van der Waals surface area contributed by atoms with E-state index in [0.29, 0.717) is 41.4 Å². The summed E-state index contributed by atoms with van der Waals surface area (Å²) >= 11 is 0. The Balaban J connectivity index is 1.77. The molecular weight excluding hydrogens is 460 g/mol. The van der Waals surface area contributed by atoms with Crippen molar-refractivity contribution in [3.05, 3.63) is 65.9 Å². The molecule has 1 aliphatic rings. The van der Waals surface area contributed by atoms with E-state index in [9.17, 15) is 22.5 Å². The van der Waals surface area contributed by atoms with Gasteiger partial charge in [0.05, 0.1) is 16.6 Å². The highest BCUT2D eigenvalue weighted by molar-refractivity contribution is 7.89. The van der Waals surface area contributed by atoms with E-state index in [2.05, 4.69) is 11.1 Å². The predicted molar refractivity (Wildman–Crippen MR) is 125 cm³/mol. The van der Waals surface area contributed by atoms with Crippen LogP contribution in [0.3, 0.4) is 0 Å². The smallest absolute Gasteiger partial charge is 0.216 e. The molecule has 1 aromatic heterocycles. The van der Waals surface area contributed by atoms with Gasteiger partial charge in [0.2, 0.25) is 10.0 Å². The van der Waals surface area contributed by atoms with E-state index in [-0.39, 0.29) is 18.8 Å². The predicted octanol–water partition coefficient (Wildman–Crippen LogP) is 3.82. The quantitative estimate of drug-likeness (QED) is 0.548. The highest BCUT2D eigenvalue weighted by Gasteiger charge is 2.31. The minimum atomic E-state index is -3.38. The second-order valence-electron chi connectivity index (χ2n) is 8.20. The van der Waals surface area contributed by atoms with Crippen LogP contribution in [-0.2, 0) is 10.0 Å². The molecule has 0 saturated carbocycles. The van der Waals surface area contributed by atoms with Gasteiger partial charge in [0.25, 0.3) is 0 Å². The molecule has 34 heavy (non-hydrogen) atoms. The Bertz CT molecular complexity index is 1330. The van der Waals surface area contributed by atoms with Gasteiger partial charge in [-0.2, -0.15) is 9.57 Å². The van der Waals surface area contributed by atoms with Gasteiger partial charge in [-0.05, 0) is 62.4 Å². The Kier molecular flexibility index (Phi) is 6.59. The average molecular weight is 484 g/mol. The molecule has 0 radical (unpaired) electrons. The van der Waals surface area contributed by atoms with E-state index in [1.807, 2.05) is 4.90 Å². The van der Waals surface area contributed by atoms with Crippen molar-refractivity contribution in [2.75, 3.05) is 31.1 Å². The van der Waals surface area contributed by atoms with Crippen LogP contribution in [0.25, 0.3) is 22.5 Å². The number of nitrogens with zero attached hydrogens (tertiary/aromatic N) is 5. The van der Waals surface area contributed by atoms with Crippen LogP contribution in [0.5, 0.6) is 0 Å². The first-order chi connectivity index (χ1) is 16.2. The highest BCUT2D eigenvalue weighted by Crippen LogP contribution is 2.33. The molecule has 1 fully saturated rings. The maximum atomic E-state index is 13.6. The summed E-state index contributed by atoms with van der Waals surface area (Å²) in [5.74, 6) is -0.489. The number of anilines is 1. The Morgan fingerprint density at radius 3 is 1.76 bits per heavy atom. The van der Waals surface area contributed by atoms with Crippen molar-refractivity contribution in [2.24, 2.45) is 0 Å². The first-order valence-corrected chi connectivity index (χ1v) is 12.3. The molecule has 1 aliphatic heterocycles. The second kappa shape index (κ2) is 9.44. The van der Waals surface area contributed by atoms with Crippen LogP contribution in [0.15, 0.2) is 48.5 Å². The zero-order valence-electron chi connectivity index (χ0n) is 18.7. The zero-order valence-corrected chi connectivity index (χ0v) is 19.6. The summed E-state index contributed by atoms with van der Waals surface area (Å²) in [7, 11) is -3.38. The molecule has 0 N–H and O–H groups in total. The first kappa shape index (κ1) is 23.7. The Hall–Kier alpha value is -3.42. The molecule has 0 spiro atoms. The number of halogens is 2. The first-order valence-electron chi connectivity index (χ1n) is 10.8. The fraction of sp³-hybridized carbons (Fsp3) is 0.292. The molecule has 0 atom stereocenters. The van der Waals surface area contributed by atoms with Crippen LogP contribution < -0.4 is 4.90 Å². The van der Waals surface area contributed by atoms with Gasteiger partial charge in [-0.1, -0.05) is 0 Å². The van der Waals surface area contributed by atoms with Crippen LogP contribution >= 0.6 is 0 Å². The van der Waals surface area contributed by atoms with Crippen molar-refractivity contribution in [1.82, 2.24) is 14.3 Å². The van der Waals surface area contributed by atoms with Gasteiger partial charge in [-0.15, -0.1) is 0 Å². The van der Waals surface area contributed by atoms with E-state index in [1.54, 1.807) is 38.1 Å². The Labute approximate surface area is 197 Å². The van der Waals surface area contributed by atoms with Gasteiger partial charge >= 0.3 is 0 Å². The summed E-state index contributed by atoms with van der Waals surface area (Å²) in [6.07, 6.45) is 0. The van der Waals surface area contributed by atoms with E-state index >= 15 is 0 Å². The summed E-state index contributed by atoms with van der Waals surface area (Å²) in [4.78, 5) is 11.1. The minimum Gasteiger partial charge on any atom is -0.352 e. The molecule has 10 heteroatoms. The number of piperazine rings is 1. The third-order valence-corrected chi connectivity index (χ3v) is 7.99. The van der Waals surface area contributed by atoms with Gasteiger partial charge in [0.1, 0.15) is 17.7 Å². The molecule has 2 heterocycles. The fourth-order valence-electron chi connectivity index (χ4n) is 3.79. The minimum absolute atomic E-state index is 0.0744. The number of sulfonamides is 1. The Morgan fingerprint density at radius 2 is 1.32 bits per heavy atom. The number of hydrogen-bond acceptors (Lipinski definition) is 6. The summed E-state index contributed by atoms with van der Waals surface area (Å²) in [5, 5.41) is 9.30. The SMILES string of the molecule is CC(C)S(=O)(=O)N1CCN(c2nc(-c3ccc(F)cc3)c(-c3ccc(F)cc3)nc2C#N)CC1. The molecule has 0 amide bonds. The lowest BCUT2D eigenvalue weighted by atomic mass is 10.0. The average Bonchev–Trinajstić information content (AvgIpc) is 2.84. The molecule has 7 nitrogen and oxygen atoms in total. The van der Waals surface area contributed by atoms with Crippen LogP contribution in [-0.4, -0.2) is 54.1 Å². The van der Waals surface area contributed by atoms with Gasteiger partial charge in [-0.3, -0.25) is 0 Å². The fourth-order valence-corrected chi connectivity index (χ4v) is 5.06. The molecule has 2 aromatic carbocycles. The summed E-state index contributed by atoms with van der Waals surface area (Å²) in [5.41, 5.74) is 2.00. The molecule has 3 aromatic rings. The lowest BCUT2D eigenvalue weighted by Gasteiger charge is -2.35. The number of nitriles is 1. The van der Waals surface area contributed by atoms with Gasteiger partial charge < -0.3 is 4.90 Å². The summed E-state index contributed by atoms with van der Waals surface area (Å²) < 4.78 is 53.5. The maximum Gasteiger partial charge on any atom is 0.216 e. The lowest BCUT2D eigenvalue weighted by Crippen LogP contribution is -2.50. The monoisotopic (exact) mass is 483 g/mol. The van der Waals surface area contributed by atoms with Crippen molar-refractivity contribution < 1.29 is 17.2 Å². The number of benzene rings is 2. The van der Waals surface area contributed by atoms with Crippen LogP contribution in [0, 0.1) is 23.0 Å². The zero-order chi connectivity index (χ0) is 24.5. The van der Waals surface area contributed by atoms with E-state index < -0.39 is 26.9 Å². The van der Waals surface area contributed by atoms with Crippen molar-refractivity contribution in [1.29, 1.82) is 5.26 Å². The maximum absolute atomic E-state index is 13.6. The Morgan fingerprint density at radius 1 is 0.853 bits per heavy atom. The third-order valence-electron chi connectivity index (χ3n) is 5.71. The van der Waals surface area contributed by atoms with E-state index in [4.69, 9.17) is 4.98 Å². The van der Waals surface area contributed by atoms with Crippen molar-refractivity contribution >= 4 is 15.8 Å². The normalized spacial score (nSPS) is 14.9. The van der Waals surface area contributed by atoms with Gasteiger partial charge in [-0.25, -0.2) is 27.2 Å². The second-order valence-corrected chi connectivity index (χ2v) is 10.7. The van der Waals surface area contributed by atoms with E-state index in [1.165, 1.54) is 28.6 Å². The molecule has 176 valence electrons. The number of rotatable bonds is 5. The molecule has 4 rings (SSSR count). The van der Waals surface area contributed by atoms with Crippen LogP contribution in [0.4, 0.5) is 14.6 Å².